The van der Waals surface area contributed by atoms with E-state index in [9.17, 15) is 9.59 Å². The maximum atomic E-state index is 11.7. The van der Waals surface area contributed by atoms with Gasteiger partial charge in [-0.3, -0.25) is 9.59 Å². The van der Waals surface area contributed by atoms with Crippen molar-refractivity contribution in [3.8, 4) is 0 Å². The number of aryl methyl sites for hydroxylation is 1. The van der Waals surface area contributed by atoms with E-state index in [4.69, 9.17) is 4.74 Å². The van der Waals surface area contributed by atoms with Gasteiger partial charge in [-0.25, -0.2) is 0 Å². The first-order valence-corrected chi connectivity index (χ1v) is 6.61. The predicted molar refractivity (Wildman–Crippen MR) is 77.7 cm³/mol. The van der Waals surface area contributed by atoms with Crippen LogP contribution in [0.2, 0.25) is 0 Å². The van der Waals surface area contributed by atoms with Gasteiger partial charge < -0.3 is 15.0 Å². The molecule has 1 aromatic rings. The minimum absolute atomic E-state index is 0.00972. The summed E-state index contributed by atoms with van der Waals surface area (Å²) in [7, 11) is 5.05. The van der Waals surface area contributed by atoms with Crippen LogP contribution < -0.4 is 5.32 Å². The summed E-state index contributed by atoms with van der Waals surface area (Å²) >= 11 is 0. The van der Waals surface area contributed by atoms with Crippen molar-refractivity contribution < 1.29 is 14.3 Å². The zero-order valence-corrected chi connectivity index (χ0v) is 12.3. The number of hydrogen-bond acceptors (Lipinski definition) is 3. The van der Waals surface area contributed by atoms with Gasteiger partial charge in [0.25, 0.3) is 5.91 Å². The highest BCUT2D eigenvalue weighted by Gasteiger charge is 2.07. The van der Waals surface area contributed by atoms with Crippen LogP contribution in [0.3, 0.4) is 0 Å². The normalized spacial score (nSPS) is 10.2. The van der Waals surface area contributed by atoms with Crippen LogP contribution in [0.5, 0.6) is 0 Å². The van der Waals surface area contributed by atoms with E-state index in [0.29, 0.717) is 31.6 Å². The second-order valence-electron chi connectivity index (χ2n) is 4.74. The van der Waals surface area contributed by atoms with Gasteiger partial charge in [-0.2, -0.15) is 0 Å². The van der Waals surface area contributed by atoms with Gasteiger partial charge in [-0.05, 0) is 24.1 Å². The Morgan fingerprint density at radius 2 is 1.85 bits per heavy atom. The topological polar surface area (TPSA) is 58.6 Å². The van der Waals surface area contributed by atoms with Gasteiger partial charge in [0.2, 0.25) is 5.91 Å². The van der Waals surface area contributed by atoms with Crippen LogP contribution in [0.25, 0.3) is 0 Å². The van der Waals surface area contributed by atoms with Gasteiger partial charge in [-0.1, -0.05) is 12.1 Å². The van der Waals surface area contributed by atoms with Gasteiger partial charge in [0.05, 0.1) is 6.61 Å². The second kappa shape index (κ2) is 8.32. The molecule has 110 valence electrons. The molecule has 1 N–H and O–H groups in total. The average molecular weight is 278 g/mol. The highest BCUT2D eigenvalue weighted by molar-refractivity contribution is 5.93. The minimum Gasteiger partial charge on any atom is -0.383 e. The molecule has 0 spiro atoms. The van der Waals surface area contributed by atoms with Crippen LogP contribution >= 0.6 is 0 Å². The highest BCUT2D eigenvalue weighted by Crippen LogP contribution is 2.08. The van der Waals surface area contributed by atoms with Crippen molar-refractivity contribution in [1.29, 1.82) is 0 Å². The number of rotatable bonds is 7. The molecule has 0 aliphatic rings. The maximum Gasteiger partial charge on any atom is 0.253 e. The van der Waals surface area contributed by atoms with Crippen LogP contribution in [0.15, 0.2) is 24.3 Å². The predicted octanol–water partition coefficient (Wildman–Crippen LogP) is 1.08. The lowest BCUT2D eigenvalue weighted by Gasteiger charge is -2.10. The number of nitrogens with one attached hydrogen (secondary N) is 1. The average Bonchev–Trinajstić information content (AvgIpc) is 2.45. The van der Waals surface area contributed by atoms with E-state index < -0.39 is 0 Å². The number of amides is 2. The summed E-state index contributed by atoms with van der Waals surface area (Å²) in [6.45, 7) is 1.05. The van der Waals surface area contributed by atoms with Gasteiger partial charge in [0, 0.05) is 39.7 Å². The molecule has 0 aromatic heterocycles. The molecule has 2 amide bonds. The van der Waals surface area contributed by atoms with Gasteiger partial charge in [-0.15, -0.1) is 0 Å². The molecule has 0 fully saturated rings. The molecular formula is C15H22N2O3. The van der Waals surface area contributed by atoms with E-state index in [2.05, 4.69) is 5.32 Å². The number of methoxy groups -OCH3 is 1. The van der Waals surface area contributed by atoms with E-state index in [1.165, 1.54) is 4.90 Å². The van der Waals surface area contributed by atoms with Crippen LogP contribution in [0, 0.1) is 0 Å². The quantitative estimate of drug-likeness (QED) is 0.759. The SMILES string of the molecule is COCCNC(=O)CCc1ccc(C(=O)N(C)C)cc1. The fraction of sp³-hybridized carbons (Fsp3) is 0.467. The third-order valence-electron chi connectivity index (χ3n) is 2.88. The standard InChI is InChI=1S/C15H22N2O3/c1-17(2)15(19)13-7-4-12(5-8-13)6-9-14(18)16-10-11-20-3/h4-5,7-8H,6,9-11H2,1-3H3,(H,16,18). The van der Waals surface area contributed by atoms with Crippen molar-refractivity contribution in [1.82, 2.24) is 10.2 Å². The van der Waals surface area contributed by atoms with Crippen LogP contribution in [0.4, 0.5) is 0 Å². The van der Waals surface area contributed by atoms with Crippen LogP contribution in [0.1, 0.15) is 22.3 Å². The molecule has 0 bridgehead atoms. The molecule has 0 heterocycles. The Labute approximate surface area is 119 Å². The van der Waals surface area contributed by atoms with Gasteiger partial charge in [0.15, 0.2) is 0 Å². The number of carbonyl (C=O) groups excluding carboxylic acids is 2. The summed E-state index contributed by atoms with van der Waals surface area (Å²) in [5.41, 5.74) is 1.70. The molecule has 0 atom stereocenters. The second-order valence-corrected chi connectivity index (χ2v) is 4.74. The van der Waals surface area contributed by atoms with Crippen LogP contribution in [-0.4, -0.2) is 51.1 Å². The lowest BCUT2D eigenvalue weighted by molar-refractivity contribution is -0.121. The van der Waals surface area contributed by atoms with E-state index in [1.807, 2.05) is 12.1 Å². The first-order chi connectivity index (χ1) is 9.54. The molecular weight excluding hydrogens is 256 g/mol. The molecule has 0 aliphatic heterocycles. The number of nitrogens with zero attached hydrogens (tertiary/aromatic N) is 1. The first kappa shape index (κ1) is 16.2. The maximum absolute atomic E-state index is 11.7. The van der Waals surface area contributed by atoms with Crippen LogP contribution in [-0.2, 0) is 16.0 Å². The smallest absolute Gasteiger partial charge is 0.253 e. The number of ether oxygens (including phenoxy) is 1. The van der Waals surface area contributed by atoms with E-state index in [0.717, 1.165) is 5.56 Å². The summed E-state index contributed by atoms with van der Waals surface area (Å²) in [4.78, 5) is 24.8. The van der Waals surface area contributed by atoms with Crippen molar-refractivity contribution in [2.75, 3.05) is 34.4 Å². The highest BCUT2D eigenvalue weighted by atomic mass is 16.5. The minimum atomic E-state index is -0.0196. The number of hydrogen-bond donors (Lipinski definition) is 1. The Morgan fingerprint density at radius 3 is 2.40 bits per heavy atom. The summed E-state index contributed by atoms with van der Waals surface area (Å²) in [5, 5.41) is 2.77. The summed E-state index contributed by atoms with van der Waals surface area (Å²) < 4.78 is 4.86. The Balaban J connectivity index is 2.42. The number of carbonyl (C=O) groups is 2. The molecule has 5 heteroatoms. The third-order valence-corrected chi connectivity index (χ3v) is 2.88. The molecule has 20 heavy (non-hydrogen) atoms. The molecule has 0 aliphatic carbocycles. The molecule has 0 unspecified atom stereocenters. The van der Waals surface area contributed by atoms with E-state index >= 15 is 0 Å². The Kier molecular flexibility index (Phi) is 6.73. The molecule has 0 saturated heterocycles. The Bertz CT molecular complexity index is 441. The largest absolute Gasteiger partial charge is 0.383 e. The first-order valence-electron chi connectivity index (χ1n) is 6.61. The fourth-order valence-corrected chi connectivity index (χ4v) is 1.71. The summed E-state index contributed by atoms with van der Waals surface area (Å²) in [6, 6.07) is 7.36. The van der Waals surface area contributed by atoms with Crippen molar-refractivity contribution in [3.63, 3.8) is 0 Å². The summed E-state index contributed by atoms with van der Waals surface area (Å²) in [6.07, 6.45) is 1.10. The molecule has 5 nitrogen and oxygen atoms in total. The zero-order valence-electron chi connectivity index (χ0n) is 12.3. The Hall–Kier alpha value is -1.88. The monoisotopic (exact) mass is 278 g/mol. The fourth-order valence-electron chi connectivity index (χ4n) is 1.71. The molecule has 0 radical (unpaired) electrons. The van der Waals surface area contributed by atoms with E-state index in [-0.39, 0.29) is 11.8 Å². The molecule has 1 aromatic carbocycles. The third kappa shape index (κ3) is 5.40. The molecule has 0 saturated carbocycles. The van der Waals surface area contributed by atoms with Crippen molar-refractivity contribution in [2.45, 2.75) is 12.8 Å². The lowest BCUT2D eigenvalue weighted by Crippen LogP contribution is -2.27. The van der Waals surface area contributed by atoms with Crippen molar-refractivity contribution >= 4 is 11.8 Å². The zero-order chi connectivity index (χ0) is 15.0. The Morgan fingerprint density at radius 1 is 1.20 bits per heavy atom. The lowest BCUT2D eigenvalue weighted by atomic mass is 10.1. The number of benzene rings is 1. The molecule has 1 rings (SSSR count). The van der Waals surface area contributed by atoms with Crippen molar-refractivity contribution in [2.24, 2.45) is 0 Å². The van der Waals surface area contributed by atoms with Gasteiger partial charge >= 0.3 is 0 Å². The van der Waals surface area contributed by atoms with Crippen molar-refractivity contribution in [3.05, 3.63) is 35.4 Å². The van der Waals surface area contributed by atoms with Gasteiger partial charge in [0.1, 0.15) is 0 Å². The summed E-state index contributed by atoms with van der Waals surface area (Å²) in [5.74, 6) is -0.00986. The van der Waals surface area contributed by atoms with E-state index in [1.54, 1.807) is 33.3 Å².